The summed E-state index contributed by atoms with van der Waals surface area (Å²) in [5, 5.41) is 0. The number of nitrogens with zero attached hydrogens (tertiary/aromatic N) is 1. The van der Waals surface area contributed by atoms with Crippen molar-refractivity contribution in [3.8, 4) is 0 Å². The van der Waals surface area contributed by atoms with E-state index in [1.54, 1.807) is 0 Å². The van der Waals surface area contributed by atoms with Gasteiger partial charge in [0.05, 0.1) is 11.2 Å². The fourth-order valence-corrected chi connectivity index (χ4v) is 2.61. The van der Waals surface area contributed by atoms with Gasteiger partial charge in [-0.2, -0.15) is 13.2 Å². The average Bonchev–Trinajstić information content (AvgIpc) is 2.20. The molecule has 0 radical (unpaired) electrons. The Kier molecular flexibility index (Phi) is 6.77. The molecule has 0 heterocycles. The highest BCUT2D eigenvalue weighted by molar-refractivity contribution is 7.89. The fraction of sp³-hybridized carbons (Fsp3) is 1.00. The van der Waals surface area contributed by atoms with E-state index in [2.05, 4.69) is 4.72 Å². The highest BCUT2D eigenvalue weighted by Gasteiger charge is 2.47. The molecule has 1 N–H and O–H groups in total. The number of rotatable bonds is 8. The van der Waals surface area contributed by atoms with E-state index in [-0.39, 0.29) is 6.54 Å². The van der Waals surface area contributed by atoms with Crippen LogP contribution in [0.2, 0.25) is 0 Å². The molecular formula is C11H23F3N2O2S. The monoisotopic (exact) mass is 304 g/mol. The second-order valence-corrected chi connectivity index (χ2v) is 7.43. The molecule has 0 atom stereocenters. The summed E-state index contributed by atoms with van der Waals surface area (Å²) in [6.45, 7) is 2.98. The van der Waals surface area contributed by atoms with Gasteiger partial charge in [0.2, 0.25) is 10.0 Å². The number of sulfonamides is 1. The number of halogens is 3. The van der Waals surface area contributed by atoms with Crippen LogP contribution in [-0.2, 0) is 10.0 Å². The van der Waals surface area contributed by atoms with Crippen LogP contribution >= 0.6 is 0 Å². The lowest BCUT2D eigenvalue weighted by Crippen LogP contribution is -2.36. The molecule has 0 aliphatic rings. The van der Waals surface area contributed by atoms with Gasteiger partial charge in [-0.3, -0.25) is 0 Å². The maximum atomic E-state index is 12.6. The first kappa shape index (κ1) is 18.7. The van der Waals surface area contributed by atoms with Crippen molar-refractivity contribution < 1.29 is 21.6 Å². The summed E-state index contributed by atoms with van der Waals surface area (Å²) >= 11 is 0. The van der Waals surface area contributed by atoms with E-state index in [0.717, 1.165) is 20.4 Å². The van der Waals surface area contributed by atoms with E-state index >= 15 is 0 Å². The second kappa shape index (κ2) is 6.90. The highest BCUT2D eigenvalue weighted by Crippen LogP contribution is 2.40. The molecule has 0 amide bonds. The first-order chi connectivity index (χ1) is 8.37. The van der Waals surface area contributed by atoms with Crippen LogP contribution in [0.3, 0.4) is 0 Å². The Morgan fingerprint density at radius 3 is 2.11 bits per heavy atom. The Morgan fingerprint density at radius 1 is 1.16 bits per heavy atom. The van der Waals surface area contributed by atoms with Gasteiger partial charge in [-0.05, 0) is 33.5 Å². The highest BCUT2D eigenvalue weighted by atomic mass is 32.2. The molecule has 0 aromatic heterocycles. The van der Waals surface area contributed by atoms with Gasteiger partial charge in [-0.15, -0.1) is 0 Å². The number of hydrogen-bond acceptors (Lipinski definition) is 3. The zero-order valence-corrected chi connectivity index (χ0v) is 12.7. The Morgan fingerprint density at radius 2 is 1.68 bits per heavy atom. The first-order valence-electron chi connectivity index (χ1n) is 6.06. The van der Waals surface area contributed by atoms with Gasteiger partial charge in [-0.25, -0.2) is 13.1 Å². The van der Waals surface area contributed by atoms with Gasteiger partial charge < -0.3 is 4.90 Å². The molecule has 116 valence electrons. The maximum Gasteiger partial charge on any atom is 0.394 e. The lowest BCUT2D eigenvalue weighted by Gasteiger charge is -2.27. The van der Waals surface area contributed by atoms with Crippen molar-refractivity contribution in [1.29, 1.82) is 0 Å². The molecule has 0 saturated carbocycles. The van der Waals surface area contributed by atoms with E-state index < -0.39 is 33.8 Å². The molecule has 0 fully saturated rings. The quantitative estimate of drug-likeness (QED) is 0.696. The van der Waals surface area contributed by atoms with Crippen molar-refractivity contribution in [3.63, 3.8) is 0 Å². The fourth-order valence-electron chi connectivity index (χ4n) is 1.23. The van der Waals surface area contributed by atoms with Gasteiger partial charge in [0, 0.05) is 6.54 Å². The van der Waals surface area contributed by atoms with Crippen molar-refractivity contribution in [3.05, 3.63) is 0 Å². The predicted octanol–water partition coefficient (Wildman–Crippen LogP) is 1.84. The molecule has 0 unspecified atom stereocenters. The molecule has 0 rings (SSSR count). The molecule has 8 heteroatoms. The molecular weight excluding hydrogens is 281 g/mol. The van der Waals surface area contributed by atoms with Crippen LogP contribution < -0.4 is 4.72 Å². The molecule has 0 aliphatic heterocycles. The number of alkyl halides is 3. The third-order valence-corrected chi connectivity index (χ3v) is 4.25. The lowest BCUT2D eigenvalue weighted by atomic mass is 9.90. The summed E-state index contributed by atoms with van der Waals surface area (Å²) in [5.74, 6) is -0.512. The third kappa shape index (κ3) is 7.74. The molecule has 4 nitrogen and oxygen atoms in total. The zero-order valence-electron chi connectivity index (χ0n) is 11.8. The minimum atomic E-state index is -4.40. The van der Waals surface area contributed by atoms with Crippen molar-refractivity contribution in [2.45, 2.75) is 32.9 Å². The van der Waals surface area contributed by atoms with Gasteiger partial charge in [0.1, 0.15) is 0 Å². The SMILES string of the molecule is CN(C)CCCNS(=O)(=O)CCC(C)(C)C(F)(F)F. The minimum Gasteiger partial charge on any atom is -0.309 e. The zero-order chi connectivity index (χ0) is 15.3. The average molecular weight is 304 g/mol. The Balaban J connectivity index is 4.18. The lowest BCUT2D eigenvalue weighted by molar-refractivity contribution is -0.211. The van der Waals surface area contributed by atoms with Crippen LogP contribution in [0, 0.1) is 5.41 Å². The molecule has 0 bridgehead atoms. The Hall–Kier alpha value is -0.340. The topological polar surface area (TPSA) is 49.4 Å². The summed E-state index contributed by atoms with van der Waals surface area (Å²) in [4.78, 5) is 1.90. The summed E-state index contributed by atoms with van der Waals surface area (Å²) in [5.41, 5.74) is -1.99. The van der Waals surface area contributed by atoms with Crippen molar-refractivity contribution in [2.75, 3.05) is 32.9 Å². The Labute approximate surface area is 113 Å². The molecule has 19 heavy (non-hydrogen) atoms. The number of nitrogens with one attached hydrogen (secondary N) is 1. The predicted molar refractivity (Wildman–Crippen MR) is 69.4 cm³/mol. The van der Waals surface area contributed by atoms with E-state index in [0.29, 0.717) is 6.42 Å². The van der Waals surface area contributed by atoms with Crippen LogP contribution in [0.1, 0.15) is 26.7 Å². The van der Waals surface area contributed by atoms with Crippen molar-refractivity contribution in [2.24, 2.45) is 5.41 Å². The van der Waals surface area contributed by atoms with Crippen LogP contribution in [0.25, 0.3) is 0 Å². The molecule has 0 saturated heterocycles. The van der Waals surface area contributed by atoms with Crippen molar-refractivity contribution in [1.82, 2.24) is 9.62 Å². The third-order valence-electron chi connectivity index (χ3n) is 2.87. The summed E-state index contributed by atoms with van der Waals surface area (Å²) in [6.07, 6.45) is -4.22. The summed E-state index contributed by atoms with van der Waals surface area (Å²) in [6, 6.07) is 0. The van der Waals surface area contributed by atoms with Gasteiger partial charge in [-0.1, -0.05) is 13.8 Å². The van der Waals surface area contributed by atoms with Crippen LogP contribution in [-0.4, -0.2) is 52.4 Å². The van der Waals surface area contributed by atoms with E-state index in [1.165, 1.54) is 0 Å². The summed E-state index contributed by atoms with van der Waals surface area (Å²) in [7, 11) is 0.0814. The summed E-state index contributed by atoms with van der Waals surface area (Å²) < 4.78 is 63.2. The van der Waals surface area contributed by atoms with E-state index in [1.807, 2.05) is 19.0 Å². The van der Waals surface area contributed by atoms with Gasteiger partial charge in [0.15, 0.2) is 0 Å². The largest absolute Gasteiger partial charge is 0.394 e. The normalized spacial score (nSPS) is 14.1. The molecule has 0 aromatic rings. The van der Waals surface area contributed by atoms with Crippen LogP contribution in [0.15, 0.2) is 0 Å². The van der Waals surface area contributed by atoms with Gasteiger partial charge in [0.25, 0.3) is 0 Å². The van der Waals surface area contributed by atoms with Crippen LogP contribution in [0.5, 0.6) is 0 Å². The standard InChI is InChI=1S/C11H23F3N2O2S/c1-10(2,11(12,13)14)6-9-19(17,18)15-7-5-8-16(3)4/h15H,5-9H2,1-4H3. The number of hydrogen-bond donors (Lipinski definition) is 1. The van der Waals surface area contributed by atoms with Crippen LogP contribution in [0.4, 0.5) is 13.2 Å². The smallest absolute Gasteiger partial charge is 0.309 e. The first-order valence-corrected chi connectivity index (χ1v) is 7.71. The maximum absolute atomic E-state index is 12.6. The van der Waals surface area contributed by atoms with Gasteiger partial charge >= 0.3 is 6.18 Å². The van der Waals surface area contributed by atoms with E-state index in [4.69, 9.17) is 0 Å². The van der Waals surface area contributed by atoms with Crippen molar-refractivity contribution >= 4 is 10.0 Å². The molecule has 0 aromatic carbocycles. The molecule has 0 aliphatic carbocycles. The second-order valence-electron chi connectivity index (χ2n) is 5.50. The van der Waals surface area contributed by atoms with E-state index in [9.17, 15) is 21.6 Å². The Bertz CT molecular complexity index is 365. The molecule has 0 spiro atoms. The minimum absolute atomic E-state index is 0.243.